The summed E-state index contributed by atoms with van der Waals surface area (Å²) in [6, 6.07) is 7.07. The molecule has 2 N–H and O–H groups in total. The molecule has 0 aromatic heterocycles. The second kappa shape index (κ2) is 6.00. The van der Waals surface area contributed by atoms with Gasteiger partial charge in [-0.3, -0.25) is 0 Å². The van der Waals surface area contributed by atoms with Gasteiger partial charge in [0, 0.05) is 19.6 Å². The van der Waals surface area contributed by atoms with Crippen molar-refractivity contribution in [3.63, 3.8) is 0 Å². The number of rotatable bonds is 3. The molecule has 1 aliphatic heterocycles. The Bertz CT molecular complexity index is 392. The van der Waals surface area contributed by atoms with Gasteiger partial charge in [-0.15, -0.1) is 0 Å². The number of carbonyl (C=O) groups is 1. The van der Waals surface area contributed by atoms with Gasteiger partial charge in [-0.1, -0.05) is 23.7 Å². The van der Waals surface area contributed by atoms with Crippen LogP contribution >= 0.6 is 11.6 Å². The fraction of sp³-hybridized carbons (Fsp3) is 0.417. The molecule has 1 fully saturated rings. The lowest BCUT2D eigenvalue weighted by Crippen LogP contribution is -2.50. The van der Waals surface area contributed by atoms with Gasteiger partial charge in [0.25, 0.3) is 0 Å². The van der Waals surface area contributed by atoms with Crippen LogP contribution in [-0.2, 0) is 4.74 Å². The molecule has 1 atom stereocenters. The minimum Gasteiger partial charge on any atom is -0.460 e. The number of carbonyl (C=O) groups excluding carboxylic acids is 1. The number of nitrogens with one attached hydrogen (secondary N) is 2. The van der Waals surface area contributed by atoms with Gasteiger partial charge in [-0.05, 0) is 12.1 Å². The van der Waals surface area contributed by atoms with Crippen LogP contribution in [0.15, 0.2) is 24.3 Å². The Labute approximate surface area is 105 Å². The summed E-state index contributed by atoms with van der Waals surface area (Å²) in [6.45, 7) is 3.02. The van der Waals surface area contributed by atoms with Crippen LogP contribution in [0, 0.1) is 0 Å². The molecule has 4 nitrogen and oxygen atoms in total. The first-order chi connectivity index (χ1) is 8.27. The highest BCUT2D eigenvalue weighted by atomic mass is 35.5. The first-order valence-corrected chi connectivity index (χ1v) is 6.01. The standard InChI is InChI=1S/C12H15ClN2O2/c13-11-4-2-1-3-10(11)12(16)17-8-9-7-14-5-6-15-9/h1-4,9,14-15H,5-8H2/t9-/m0/s1. The largest absolute Gasteiger partial charge is 0.460 e. The third kappa shape index (κ3) is 3.43. The van der Waals surface area contributed by atoms with Crippen molar-refractivity contribution in [3.05, 3.63) is 34.9 Å². The Morgan fingerprint density at radius 3 is 2.94 bits per heavy atom. The molecule has 1 aliphatic rings. The smallest absolute Gasteiger partial charge is 0.339 e. The molecule has 0 saturated carbocycles. The van der Waals surface area contributed by atoms with E-state index in [2.05, 4.69) is 10.6 Å². The molecule has 1 aromatic carbocycles. The molecule has 1 aromatic rings. The highest BCUT2D eigenvalue weighted by molar-refractivity contribution is 6.33. The van der Waals surface area contributed by atoms with Crippen molar-refractivity contribution in [1.29, 1.82) is 0 Å². The molecule has 0 spiro atoms. The van der Waals surface area contributed by atoms with E-state index in [1.165, 1.54) is 0 Å². The number of halogens is 1. The summed E-state index contributed by atoms with van der Waals surface area (Å²) < 4.78 is 5.22. The fourth-order valence-electron chi connectivity index (χ4n) is 1.71. The van der Waals surface area contributed by atoms with Gasteiger partial charge in [0.2, 0.25) is 0 Å². The van der Waals surface area contributed by atoms with Gasteiger partial charge in [0.15, 0.2) is 0 Å². The molecule has 92 valence electrons. The normalized spacial score (nSPS) is 19.9. The minimum absolute atomic E-state index is 0.176. The van der Waals surface area contributed by atoms with E-state index in [-0.39, 0.29) is 12.0 Å². The maximum absolute atomic E-state index is 11.8. The molecule has 0 bridgehead atoms. The quantitative estimate of drug-likeness (QED) is 0.792. The summed E-state index contributed by atoms with van der Waals surface area (Å²) in [6.07, 6.45) is 0. The number of esters is 1. The summed E-state index contributed by atoms with van der Waals surface area (Å²) in [4.78, 5) is 11.8. The third-order valence-electron chi connectivity index (χ3n) is 2.63. The lowest BCUT2D eigenvalue weighted by Gasteiger charge is -2.24. The van der Waals surface area contributed by atoms with E-state index in [0.717, 1.165) is 19.6 Å². The molecular formula is C12H15ClN2O2. The van der Waals surface area contributed by atoms with Crippen molar-refractivity contribution in [2.45, 2.75) is 6.04 Å². The Kier molecular flexibility index (Phi) is 4.36. The van der Waals surface area contributed by atoms with E-state index in [0.29, 0.717) is 17.2 Å². The Morgan fingerprint density at radius 2 is 2.24 bits per heavy atom. The second-order valence-electron chi connectivity index (χ2n) is 3.93. The van der Waals surface area contributed by atoms with Crippen LogP contribution in [0.25, 0.3) is 0 Å². The van der Waals surface area contributed by atoms with Gasteiger partial charge in [0.05, 0.1) is 16.6 Å². The van der Waals surface area contributed by atoms with E-state index in [1.54, 1.807) is 24.3 Å². The van der Waals surface area contributed by atoms with Crippen LogP contribution in [0.3, 0.4) is 0 Å². The third-order valence-corrected chi connectivity index (χ3v) is 2.96. The zero-order chi connectivity index (χ0) is 12.1. The number of hydrogen-bond donors (Lipinski definition) is 2. The Hall–Kier alpha value is -1.10. The molecule has 0 unspecified atom stereocenters. The number of hydrogen-bond acceptors (Lipinski definition) is 4. The zero-order valence-corrected chi connectivity index (χ0v) is 10.2. The number of ether oxygens (including phenoxy) is 1. The predicted octanol–water partition coefficient (Wildman–Crippen LogP) is 1.06. The van der Waals surface area contributed by atoms with Crippen molar-refractivity contribution in [2.75, 3.05) is 26.2 Å². The minimum atomic E-state index is -0.372. The molecule has 1 saturated heterocycles. The average molecular weight is 255 g/mol. The summed E-state index contributed by atoms with van der Waals surface area (Å²) in [5.74, 6) is -0.372. The zero-order valence-electron chi connectivity index (χ0n) is 9.41. The van der Waals surface area contributed by atoms with Crippen molar-refractivity contribution in [1.82, 2.24) is 10.6 Å². The molecule has 5 heteroatoms. The summed E-state index contributed by atoms with van der Waals surface area (Å²) >= 11 is 5.91. The molecule has 2 rings (SSSR count). The van der Waals surface area contributed by atoms with Crippen LogP contribution in [0.5, 0.6) is 0 Å². The van der Waals surface area contributed by atoms with E-state index < -0.39 is 0 Å². The molecule has 17 heavy (non-hydrogen) atoms. The topological polar surface area (TPSA) is 50.4 Å². The van der Waals surface area contributed by atoms with Crippen molar-refractivity contribution in [2.24, 2.45) is 0 Å². The van der Waals surface area contributed by atoms with E-state index in [1.807, 2.05) is 0 Å². The summed E-state index contributed by atoms with van der Waals surface area (Å²) in [5, 5.41) is 6.92. The number of piperazine rings is 1. The van der Waals surface area contributed by atoms with Crippen molar-refractivity contribution >= 4 is 17.6 Å². The van der Waals surface area contributed by atoms with E-state index in [4.69, 9.17) is 16.3 Å². The molecule has 1 heterocycles. The van der Waals surface area contributed by atoms with Crippen LogP contribution < -0.4 is 10.6 Å². The van der Waals surface area contributed by atoms with Gasteiger partial charge >= 0.3 is 5.97 Å². The molecule has 0 aliphatic carbocycles. The SMILES string of the molecule is O=C(OC[C@@H]1CNCCN1)c1ccccc1Cl. The highest BCUT2D eigenvalue weighted by Gasteiger charge is 2.16. The lowest BCUT2D eigenvalue weighted by atomic mass is 10.2. The Balaban J connectivity index is 1.87. The average Bonchev–Trinajstić information content (AvgIpc) is 2.38. The van der Waals surface area contributed by atoms with Gasteiger partial charge in [-0.25, -0.2) is 4.79 Å². The van der Waals surface area contributed by atoms with Crippen molar-refractivity contribution < 1.29 is 9.53 Å². The van der Waals surface area contributed by atoms with Crippen LogP contribution in [0.1, 0.15) is 10.4 Å². The fourth-order valence-corrected chi connectivity index (χ4v) is 1.92. The second-order valence-corrected chi connectivity index (χ2v) is 4.34. The monoisotopic (exact) mass is 254 g/mol. The van der Waals surface area contributed by atoms with Crippen molar-refractivity contribution in [3.8, 4) is 0 Å². The van der Waals surface area contributed by atoms with Gasteiger partial charge < -0.3 is 15.4 Å². The molecule has 0 amide bonds. The van der Waals surface area contributed by atoms with Crippen LogP contribution in [0.4, 0.5) is 0 Å². The maximum atomic E-state index is 11.8. The van der Waals surface area contributed by atoms with Crippen LogP contribution in [0.2, 0.25) is 5.02 Å². The predicted molar refractivity (Wildman–Crippen MR) is 66.4 cm³/mol. The molecule has 0 radical (unpaired) electrons. The lowest BCUT2D eigenvalue weighted by molar-refractivity contribution is 0.0458. The van der Waals surface area contributed by atoms with Gasteiger partial charge in [-0.2, -0.15) is 0 Å². The van der Waals surface area contributed by atoms with E-state index in [9.17, 15) is 4.79 Å². The first kappa shape index (κ1) is 12.4. The maximum Gasteiger partial charge on any atom is 0.339 e. The van der Waals surface area contributed by atoms with Crippen LogP contribution in [-0.4, -0.2) is 38.3 Å². The van der Waals surface area contributed by atoms with E-state index >= 15 is 0 Å². The summed E-state index contributed by atoms with van der Waals surface area (Å²) in [5.41, 5.74) is 0.415. The number of benzene rings is 1. The molecular weight excluding hydrogens is 240 g/mol. The highest BCUT2D eigenvalue weighted by Crippen LogP contribution is 2.15. The van der Waals surface area contributed by atoms with Gasteiger partial charge in [0.1, 0.15) is 6.61 Å². The summed E-state index contributed by atoms with van der Waals surface area (Å²) in [7, 11) is 0. The Morgan fingerprint density at radius 1 is 1.41 bits per heavy atom. The first-order valence-electron chi connectivity index (χ1n) is 5.63.